The molecule has 0 saturated carbocycles. The number of nitrogens with one attached hydrogen (secondary N) is 1. The molecule has 1 amide bonds. The fraction of sp³-hybridized carbons (Fsp3) is 0.917. The van der Waals surface area contributed by atoms with Gasteiger partial charge in [0.05, 0.1) is 0 Å². The van der Waals surface area contributed by atoms with Crippen molar-refractivity contribution in [3.8, 4) is 0 Å². The first-order valence-corrected chi connectivity index (χ1v) is 6.41. The predicted octanol–water partition coefficient (Wildman–Crippen LogP) is 0.359. The average molecular weight is 226 g/mol. The molecular weight excluding hydrogens is 204 g/mol. The van der Waals surface area contributed by atoms with Crippen molar-refractivity contribution in [3.63, 3.8) is 0 Å². The molecule has 2 N–H and O–H groups in total. The molecule has 16 heavy (non-hydrogen) atoms. The molecule has 2 rings (SSSR count). The maximum absolute atomic E-state index is 12.0. The molecular formula is C12H22N2O2. The molecule has 0 bridgehead atoms. The minimum atomic E-state index is 0.214. The zero-order chi connectivity index (χ0) is 11.4. The van der Waals surface area contributed by atoms with Crippen LogP contribution in [-0.2, 0) is 4.79 Å². The average Bonchev–Trinajstić information content (AvgIpc) is 2.79. The van der Waals surface area contributed by atoms with Crippen molar-refractivity contribution in [2.24, 2.45) is 5.92 Å². The maximum Gasteiger partial charge on any atom is 0.224 e. The van der Waals surface area contributed by atoms with Crippen LogP contribution in [0.5, 0.6) is 0 Å². The largest absolute Gasteiger partial charge is 0.396 e. The second-order valence-electron chi connectivity index (χ2n) is 5.03. The second kappa shape index (κ2) is 5.64. The van der Waals surface area contributed by atoms with Crippen LogP contribution in [0.1, 0.15) is 32.1 Å². The summed E-state index contributed by atoms with van der Waals surface area (Å²) in [6.07, 6.45) is 5.20. The van der Waals surface area contributed by atoms with Gasteiger partial charge in [-0.2, -0.15) is 0 Å². The molecule has 2 saturated heterocycles. The molecule has 4 heteroatoms. The highest BCUT2D eigenvalue weighted by atomic mass is 16.3. The van der Waals surface area contributed by atoms with Gasteiger partial charge in [0.25, 0.3) is 0 Å². The van der Waals surface area contributed by atoms with Crippen LogP contribution in [-0.4, -0.2) is 48.2 Å². The third-order valence-corrected chi connectivity index (χ3v) is 3.73. The number of likely N-dealkylation sites (tertiary alicyclic amines) is 1. The summed E-state index contributed by atoms with van der Waals surface area (Å²) in [5.74, 6) is 0.568. The number of rotatable bonds is 3. The lowest BCUT2D eigenvalue weighted by atomic mass is 10.0. The van der Waals surface area contributed by atoms with Crippen LogP contribution in [0.3, 0.4) is 0 Å². The lowest BCUT2D eigenvalue weighted by Gasteiger charge is -2.25. The Labute approximate surface area is 97.0 Å². The standard InChI is InChI=1S/C12H22N2O2/c15-9-10-4-6-14(8-10)12(16)7-11-3-1-2-5-13-11/h10-11,13,15H,1-9H2. The molecule has 4 nitrogen and oxygen atoms in total. The Hall–Kier alpha value is -0.610. The zero-order valence-corrected chi connectivity index (χ0v) is 9.82. The van der Waals surface area contributed by atoms with Gasteiger partial charge in [-0.3, -0.25) is 4.79 Å². The van der Waals surface area contributed by atoms with Crippen molar-refractivity contribution in [1.82, 2.24) is 10.2 Å². The molecule has 2 aliphatic heterocycles. The Morgan fingerprint density at radius 2 is 2.25 bits per heavy atom. The van der Waals surface area contributed by atoms with E-state index in [0.717, 1.165) is 32.5 Å². The Bertz CT molecular complexity index is 239. The second-order valence-corrected chi connectivity index (χ2v) is 5.03. The Morgan fingerprint density at radius 3 is 2.88 bits per heavy atom. The quantitative estimate of drug-likeness (QED) is 0.730. The van der Waals surface area contributed by atoms with Gasteiger partial charge >= 0.3 is 0 Å². The van der Waals surface area contributed by atoms with Crippen LogP contribution < -0.4 is 5.32 Å². The van der Waals surface area contributed by atoms with Gasteiger partial charge in [0.1, 0.15) is 0 Å². The number of amides is 1. The first-order valence-electron chi connectivity index (χ1n) is 6.41. The number of carbonyl (C=O) groups is 1. The smallest absolute Gasteiger partial charge is 0.224 e. The number of nitrogens with zero attached hydrogens (tertiary/aromatic N) is 1. The molecule has 0 aromatic heterocycles. The molecule has 92 valence electrons. The summed E-state index contributed by atoms with van der Waals surface area (Å²) in [7, 11) is 0. The first kappa shape index (κ1) is 11.9. The fourth-order valence-electron chi connectivity index (χ4n) is 2.65. The van der Waals surface area contributed by atoms with Crippen LogP contribution >= 0.6 is 0 Å². The van der Waals surface area contributed by atoms with E-state index in [9.17, 15) is 4.79 Å². The summed E-state index contributed by atoms with van der Waals surface area (Å²) < 4.78 is 0. The summed E-state index contributed by atoms with van der Waals surface area (Å²) in [6, 6.07) is 0.384. The maximum atomic E-state index is 12.0. The van der Waals surface area contributed by atoms with Gasteiger partial charge < -0.3 is 15.3 Å². The van der Waals surface area contributed by atoms with E-state index in [1.54, 1.807) is 0 Å². The van der Waals surface area contributed by atoms with Gasteiger partial charge in [0, 0.05) is 38.1 Å². The Balaban J connectivity index is 1.75. The van der Waals surface area contributed by atoms with Crippen molar-refractivity contribution >= 4 is 5.91 Å². The van der Waals surface area contributed by atoms with Gasteiger partial charge in [-0.1, -0.05) is 6.42 Å². The van der Waals surface area contributed by atoms with E-state index >= 15 is 0 Å². The number of carbonyl (C=O) groups excluding carboxylic acids is 1. The highest BCUT2D eigenvalue weighted by molar-refractivity contribution is 5.77. The van der Waals surface area contributed by atoms with E-state index in [2.05, 4.69) is 5.32 Å². The van der Waals surface area contributed by atoms with E-state index in [-0.39, 0.29) is 12.5 Å². The normalized spacial score (nSPS) is 30.7. The lowest BCUT2D eigenvalue weighted by Crippen LogP contribution is -2.40. The highest BCUT2D eigenvalue weighted by Gasteiger charge is 2.27. The molecule has 2 aliphatic rings. The van der Waals surface area contributed by atoms with Crippen molar-refractivity contribution in [2.75, 3.05) is 26.2 Å². The van der Waals surface area contributed by atoms with Gasteiger partial charge in [0.15, 0.2) is 0 Å². The van der Waals surface area contributed by atoms with Gasteiger partial charge in [-0.25, -0.2) is 0 Å². The molecule has 0 aromatic carbocycles. The van der Waals surface area contributed by atoms with Crippen LogP contribution in [0.4, 0.5) is 0 Å². The van der Waals surface area contributed by atoms with E-state index < -0.39 is 0 Å². The van der Waals surface area contributed by atoms with Crippen LogP contribution in [0.25, 0.3) is 0 Å². The van der Waals surface area contributed by atoms with E-state index in [4.69, 9.17) is 5.11 Å². The molecule has 0 aromatic rings. The monoisotopic (exact) mass is 226 g/mol. The van der Waals surface area contributed by atoms with Crippen molar-refractivity contribution < 1.29 is 9.90 Å². The van der Waals surface area contributed by atoms with Crippen molar-refractivity contribution in [3.05, 3.63) is 0 Å². The Morgan fingerprint density at radius 1 is 1.38 bits per heavy atom. The molecule has 2 atom stereocenters. The number of aliphatic hydroxyl groups is 1. The summed E-state index contributed by atoms with van der Waals surface area (Å²) in [5, 5.41) is 12.4. The molecule has 2 heterocycles. The summed E-state index contributed by atoms with van der Waals surface area (Å²) in [6.45, 7) is 2.85. The minimum absolute atomic E-state index is 0.214. The topological polar surface area (TPSA) is 52.6 Å². The van der Waals surface area contributed by atoms with Crippen LogP contribution in [0.2, 0.25) is 0 Å². The van der Waals surface area contributed by atoms with Gasteiger partial charge in [-0.15, -0.1) is 0 Å². The summed E-state index contributed by atoms with van der Waals surface area (Å²) >= 11 is 0. The number of aliphatic hydroxyl groups excluding tert-OH is 1. The van der Waals surface area contributed by atoms with Gasteiger partial charge in [0.2, 0.25) is 5.91 Å². The van der Waals surface area contributed by atoms with E-state index in [1.165, 1.54) is 12.8 Å². The van der Waals surface area contributed by atoms with Crippen LogP contribution in [0.15, 0.2) is 0 Å². The number of hydrogen-bond acceptors (Lipinski definition) is 3. The fourth-order valence-corrected chi connectivity index (χ4v) is 2.65. The zero-order valence-electron chi connectivity index (χ0n) is 9.82. The number of piperidine rings is 1. The van der Waals surface area contributed by atoms with E-state index in [1.807, 2.05) is 4.90 Å². The molecule has 2 fully saturated rings. The van der Waals surface area contributed by atoms with Crippen molar-refractivity contribution in [1.29, 1.82) is 0 Å². The van der Waals surface area contributed by atoms with Crippen LogP contribution in [0, 0.1) is 5.92 Å². The minimum Gasteiger partial charge on any atom is -0.396 e. The first-order chi connectivity index (χ1) is 7.79. The summed E-state index contributed by atoms with van der Waals surface area (Å²) in [5.41, 5.74) is 0. The Kier molecular flexibility index (Phi) is 4.18. The van der Waals surface area contributed by atoms with E-state index in [0.29, 0.717) is 18.4 Å². The SMILES string of the molecule is O=C(CC1CCCCN1)N1CCC(CO)C1. The molecule has 0 aliphatic carbocycles. The molecule has 0 spiro atoms. The van der Waals surface area contributed by atoms with Crippen molar-refractivity contribution in [2.45, 2.75) is 38.1 Å². The number of hydrogen-bond donors (Lipinski definition) is 2. The van der Waals surface area contributed by atoms with Gasteiger partial charge in [-0.05, 0) is 25.8 Å². The lowest BCUT2D eigenvalue weighted by molar-refractivity contribution is -0.131. The highest BCUT2D eigenvalue weighted by Crippen LogP contribution is 2.18. The third kappa shape index (κ3) is 2.95. The third-order valence-electron chi connectivity index (χ3n) is 3.73. The predicted molar refractivity (Wildman–Crippen MR) is 62.0 cm³/mol. The summed E-state index contributed by atoms with van der Waals surface area (Å²) in [4.78, 5) is 13.9. The molecule has 2 unspecified atom stereocenters. The molecule has 0 radical (unpaired) electrons.